The van der Waals surface area contributed by atoms with Gasteiger partial charge in [0.25, 0.3) is 0 Å². The van der Waals surface area contributed by atoms with E-state index in [9.17, 15) is 4.79 Å². The highest BCUT2D eigenvalue weighted by Crippen LogP contribution is 2.39. The molecule has 0 bridgehead atoms. The fourth-order valence-corrected chi connectivity index (χ4v) is 2.15. The molecule has 20 heavy (non-hydrogen) atoms. The maximum absolute atomic E-state index is 11.8. The number of hydrogen-bond donors (Lipinski definition) is 1. The molecule has 0 spiro atoms. The molecule has 1 N–H and O–H groups in total. The lowest BCUT2D eigenvalue weighted by Crippen LogP contribution is -2.11. The van der Waals surface area contributed by atoms with Crippen LogP contribution in [-0.4, -0.2) is 32.6 Å². The van der Waals surface area contributed by atoms with Crippen LogP contribution in [0.2, 0.25) is 0 Å². The summed E-state index contributed by atoms with van der Waals surface area (Å²) >= 11 is 3.34. The number of ether oxygens (including phenoxy) is 3. The van der Waals surface area contributed by atoms with Crippen LogP contribution in [0, 0.1) is 0 Å². The van der Waals surface area contributed by atoms with Gasteiger partial charge in [-0.1, -0.05) is 15.9 Å². The summed E-state index contributed by atoms with van der Waals surface area (Å²) in [5.74, 6) is 1.51. The molecule has 0 fully saturated rings. The van der Waals surface area contributed by atoms with Gasteiger partial charge < -0.3 is 19.5 Å². The zero-order chi connectivity index (χ0) is 15.0. The Morgan fingerprint density at radius 1 is 1.10 bits per heavy atom. The Balaban J connectivity index is 2.82. The summed E-state index contributed by atoms with van der Waals surface area (Å²) < 4.78 is 15.7. The van der Waals surface area contributed by atoms with Crippen LogP contribution in [0.5, 0.6) is 17.2 Å². The molecular formula is C14H20BrNO4. The minimum Gasteiger partial charge on any atom is -0.493 e. The molecule has 0 aliphatic heterocycles. The summed E-state index contributed by atoms with van der Waals surface area (Å²) in [5, 5.41) is 3.74. The van der Waals surface area contributed by atoms with Crippen molar-refractivity contribution < 1.29 is 19.0 Å². The standard InChI is InChI=1S/C14H20BrNO4/c1-18-11-8-10(9-12(19-2)14(11)20-3)16-13(17)6-4-5-7-15/h8-9H,4-7H2,1-3H3,(H,16,17). The molecule has 5 nitrogen and oxygen atoms in total. The van der Waals surface area contributed by atoms with Gasteiger partial charge in [0.1, 0.15) is 0 Å². The van der Waals surface area contributed by atoms with Crippen LogP contribution in [0.3, 0.4) is 0 Å². The third-order valence-electron chi connectivity index (χ3n) is 2.74. The molecule has 6 heteroatoms. The van der Waals surface area contributed by atoms with Crippen molar-refractivity contribution in [2.75, 3.05) is 32.0 Å². The molecule has 0 saturated heterocycles. The number of methoxy groups -OCH3 is 3. The van der Waals surface area contributed by atoms with Crippen molar-refractivity contribution in [3.63, 3.8) is 0 Å². The Morgan fingerprint density at radius 2 is 1.70 bits per heavy atom. The first kappa shape index (κ1) is 16.6. The number of hydrogen-bond acceptors (Lipinski definition) is 4. The van der Waals surface area contributed by atoms with E-state index in [1.54, 1.807) is 33.5 Å². The van der Waals surface area contributed by atoms with Crippen molar-refractivity contribution in [2.45, 2.75) is 19.3 Å². The van der Waals surface area contributed by atoms with E-state index in [1.165, 1.54) is 0 Å². The number of benzene rings is 1. The zero-order valence-electron chi connectivity index (χ0n) is 12.0. The number of amides is 1. The SMILES string of the molecule is COc1cc(NC(=O)CCCCBr)cc(OC)c1OC. The van der Waals surface area contributed by atoms with Crippen LogP contribution < -0.4 is 19.5 Å². The lowest BCUT2D eigenvalue weighted by molar-refractivity contribution is -0.116. The molecular weight excluding hydrogens is 326 g/mol. The van der Waals surface area contributed by atoms with E-state index >= 15 is 0 Å². The third-order valence-corrected chi connectivity index (χ3v) is 3.30. The lowest BCUT2D eigenvalue weighted by atomic mass is 10.2. The Morgan fingerprint density at radius 3 is 2.15 bits per heavy atom. The molecule has 0 aliphatic rings. The van der Waals surface area contributed by atoms with Gasteiger partial charge in [0.05, 0.1) is 21.3 Å². The fourth-order valence-electron chi connectivity index (χ4n) is 1.76. The number of unbranched alkanes of at least 4 members (excludes halogenated alkanes) is 1. The number of carbonyl (C=O) groups excluding carboxylic acids is 1. The smallest absolute Gasteiger partial charge is 0.224 e. The van der Waals surface area contributed by atoms with Crippen molar-refractivity contribution >= 4 is 27.5 Å². The van der Waals surface area contributed by atoms with Crippen molar-refractivity contribution in [1.29, 1.82) is 0 Å². The van der Waals surface area contributed by atoms with Crippen LogP contribution in [0.15, 0.2) is 12.1 Å². The van der Waals surface area contributed by atoms with Crippen molar-refractivity contribution in [1.82, 2.24) is 0 Å². The van der Waals surface area contributed by atoms with E-state index in [0.717, 1.165) is 18.2 Å². The molecule has 0 saturated carbocycles. The second-order valence-electron chi connectivity index (χ2n) is 4.11. The zero-order valence-corrected chi connectivity index (χ0v) is 13.6. The first-order valence-electron chi connectivity index (χ1n) is 6.32. The van der Waals surface area contributed by atoms with Gasteiger partial charge >= 0.3 is 0 Å². The molecule has 0 unspecified atom stereocenters. The van der Waals surface area contributed by atoms with Crippen LogP contribution in [-0.2, 0) is 4.79 Å². The molecule has 0 heterocycles. The summed E-state index contributed by atoms with van der Waals surface area (Å²) in [7, 11) is 4.62. The van der Waals surface area contributed by atoms with E-state index in [0.29, 0.717) is 29.4 Å². The summed E-state index contributed by atoms with van der Waals surface area (Å²) in [6, 6.07) is 3.42. The van der Waals surface area contributed by atoms with Gasteiger partial charge in [-0.25, -0.2) is 0 Å². The minimum atomic E-state index is -0.0276. The Kier molecular flexibility index (Phi) is 7.22. The Labute approximate surface area is 127 Å². The average molecular weight is 346 g/mol. The maximum atomic E-state index is 11.8. The maximum Gasteiger partial charge on any atom is 0.224 e. The molecule has 1 amide bonds. The summed E-state index contributed by atoms with van der Waals surface area (Å²) in [4.78, 5) is 11.8. The number of carbonyl (C=O) groups is 1. The molecule has 0 radical (unpaired) electrons. The lowest BCUT2D eigenvalue weighted by Gasteiger charge is -2.14. The van der Waals surface area contributed by atoms with Crippen LogP contribution in [0.4, 0.5) is 5.69 Å². The topological polar surface area (TPSA) is 56.8 Å². The molecule has 112 valence electrons. The predicted molar refractivity (Wildman–Crippen MR) is 82.4 cm³/mol. The highest BCUT2D eigenvalue weighted by Gasteiger charge is 2.14. The molecule has 1 rings (SSSR count). The van der Waals surface area contributed by atoms with E-state index in [2.05, 4.69) is 21.2 Å². The van der Waals surface area contributed by atoms with Crippen LogP contribution in [0.1, 0.15) is 19.3 Å². The first-order chi connectivity index (χ1) is 9.65. The summed E-state index contributed by atoms with van der Waals surface area (Å²) in [6.45, 7) is 0. The number of anilines is 1. The van der Waals surface area contributed by atoms with Crippen LogP contribution >= 0.6 is 15.9 Å². The Bertz CT molecular complexity index is 426. The van der Waals surface area contributed by atoms with Gasteiger partial charge in [0, 0.05) is 29.6 Å². The molecule has 0 aliphatic carbocycles. The van der Waals surface area contributed by atoms with E-state index in [4.69, 9.17) is 14.2 Å². The molecule has 1 aromatic carbocycles. The van der Waals surface area contributed by atoms with Gasteiger partial charge in [0.2, 0.25) is 11.7 Å². The van der Waals surface area contributed by atoms with E-state index < -0.39 is 0 Å². The average Bonchev–Trinajstić information content (AvgIpc) is 2.46. The van der Waals surface area contributed by atoms with Gasteiger partial charge in [-0.15, -0.1) is 0 Å². The van der Waals surface area contributed by atoms with Crippen molar-refractivity contribution in [2.24, 2.45) is 0 Å². The normalized spacial score (nSPS) is 10.0. The number of alkyl halides is 1. The third kappa shape index (κ3) is 4.59. The number of rotatable bonds is 8. The molecule has 1 aromatic rings. The Hall–Kier alpha value is -1.43. The van der Waals surface area contributed by atoms with E-state index in [-0.39, 0.29) is 5.91 Å². The highest BCUT2D eigenvalue weighted by atomic mass is 79.9. The molecule has 0 aromatic heterocycles. The molecule has 0 atom stereocenters. The second kappa shape index (κ2) is 8.68. The first-order valence-corrected chi connectivity index (χ1v) is 7.44. The quantitative estimate of drug-likeness (QED) is 0.580. The van der Waals surface area contributed by atoms with E-state index in [1.807, 2.05) is 0 Å². The van der Waals surface area contributed by atoms with Gasteiger partial charge in [0.15, 0.2) is 11.5 Å². The highest BCUT2D eigenvalue weighted by molar-refractivity contribution is 9.09. The second-order valence-corrected chi connectivity index (χ2v) is 4.90. The van der Waals surface area contributed by atoms with Crippen molar-refractivity contribution in [3.05, 3.63) is 12.1 Å². The fraction of sp³-hybridized carbons (Fsp3) is 0.500. The van der Waals surface area contributed by atoms with Crippen molar-refractivity contribution in [3.8, 4) is 17.2 Å². The predicted octanol–water partition coefficient (Wildman–Crippen LogP) is 3.22. The van der Waals surface area contributed by atoms with Gasteiger partial charge in [-0.05, 0) is 12.8 Å². The summed E-state index contributed by atoms with van der Waals surface area (Å²) in [5.41, 5.74) is 0.628. The largest absolute Gasteiger partial charge is 0.493 e. The monoisotopic (exact) mass is 345 g/mol. The number of nitrogens with one attached hydrogen (secondary N) is 1. The minimum absolute atomic E-state index is 0.0276. The van der Waals surface area contributed by atoms with Gasteiger partial charge in [-0.2, -0.15) is 0 Å². The van der Waals surface area contributed by atoms with Gasteiger partial charge in [-0.3, -0.25) is 4.79 Å². The summed E-state index contributed by atoms with van der Waals surface area (Å²) in [6.07, 6.45) is 2.31. The number of halogens is 1. The van der Waals surface area contributed by atoms with Crippen LogP contribution in [0.25, 0.3) is 0 Å².